The predicted molar refractivity (Wildman–Crippen MR) is 87.6 cm³/mol. The monoisotopic (exact) mass is 311 g/mol. The number of benzene rings is 1. The highest BCUT2D eigenvalue weighted by molar-refractivity contribution is 7.10. The topological polar surface area (TPSA) is 46.9 Å². The van der Waals surface area contributed by atoms with Crippen molar-refractivity contribution in [2.45, 2.75) is 19.5 Å². The Morgan fingerprint density at radius 2 is 2.00 bits per heavy atom. The van der Waals surface area contributed by atoms with Crippen molar-refractivity contribution in [1.82, 2.24) is 15.1 Å². The van der Waals surface area contributed by atoms with Crippen LogP contribution in [0.4, 0.5) is 0 Å². The van der Waals surface area contributed by atoms with Crippen LogP contribution in [0.2, 0.25) is 0 Å². The third-order valence-corrected chi connectivity index (χ3v) is 4.16. The Labute approximate surface area is 133 Å². The van der Waals surface area contributed by atoms with Crippen LogP contribution in [0.5, 0.6) is 0 Å². The number of nitrogens with one attached hydrogen (secondary N) is 1. The van der Waals surface area contributed by atoms with Crippen LogP contribution in [0.15, 0.2) is 60.2 Å². The average Bonchev–Trinajstić information content (AvgIpc) is 3.18. The van der Waals surface area contributed by atoms with Crippen LogP contribution in [-0.4, -0.2) is 15.7 Å². The highest BCUT2D eigenvalue weighted by Crippen LogP contribution is 2.09. The molecule has 0 aliphatic heterocycles. The molecular weight excluding hydrogens is 294 g/mol. The van der Waals surface area contributed by atoms with Crippen molar-refractivity contribution in [3.8, 4) is 0 Å². The number of thiophene rings is 1. The zero-order valence-corrected chi connectivity index (χ0v) is 12.9. The van der Waals surface area contributed by atoms with Gasteiger partial charge < -0.3 is 5.32 Å². The lowest BCUT2D eigenvalue weighted by Crippen LogP contribution is -2.23. The van der Waals surface area contributed by atoms with Crippen LogP contribution in [0, 0.1) is 0 Å². The molecule has 0 radical (unpaired) electrons. The van der Waals surface area contributed by atoms with E-state index in [4.69, 9.17) is 0 Å². The minimum atomic E-state index is 0.0401. The molecule has 3 rings (SSSR count). The van der Waals surface area contributed by atoms with Crippen molar-refractivity contribution in [2.75, 3.05) is 0 Å². The summed E-state index contributed by atoms with van der Waals surface area (Å²) >= 11 is 1.60. The molecule has 0 saturated heterocycles. The first-order valence-corrected chi connectivity index (χ1v) is 8.02. The molecule has 0 atom stereocenters. The molecule has 1 aromatic carbocycles. The molecule has 112 valence electrons. The van der Waals surface area contributed by atoms with Crippen molar-refractivity contribution in [3.05, 3.63) is 76.2 Å². The van der Waals surface area contributed by atoms with Crippen molar-refractivity contribution in [1.29, 1.82) is 0 Å². The zero-order valence-electron chi connectivity index (χ0n) is 12.1. The first-order chi connectivity index (χ1) is 10.8. The maximum absolute atomic E-state index is 11.8. The number of carbonyl (C=O) groups is 1. The third kappa shape index (κ3) is 4.05. The van der Waals surface area contributed by atoms with Crippen LogP contribution in [0.25, 0.3) is 0 Å². The molecule has 3 aromatic rings. The molecule has 2 heterocycles. The standard InChI is InChI=1S/C17H17N3OS/c21-17(9-16-7-4-8-22-16)18-10-15-11-19-20(13-15)12-14-5-2-1-3-6-14/h1-8,11,13H,9-10,12H2,(H,18,21). The van der Waals surface area contributed by atoms with Crippen molar-refractivity contribution in [2.24, 2.45) is 0 Å². The molecular formula is C17H17N3OS. The molecule has 2 aromatic heterocycles. The van der Waals surface area contributed by atoms with E-state index in [9.17, 15) is 4.79 Å². The van der Waals surface area contributed by atoms with Gasteiger partial charge in [0.1, 0.15) is 0 Å². The molecule has 0 saturated carbocycles. The van der Waals surface area contributed by atoms with E-state index in [-0.39, 0.29) is 5.91 Å². The number of aromatic nitrogens is 2. The van der Waals surface area contributed by atoms with Gasteiger partial charge in [0.15, 0.2) is 0 Å². The highest BCUT2D eigenvalue weighted by Gasteiger charge is 2.05. The van der Waals surface area contributed by atoms with E-state index in [0.29, 0.717) is 13.0 Å². The lowest BCUT2D eigenvalue weighted by Gasteiger charge is -2.02. The second-order valence-corrected chi connectivity index (χ2v) is 6.10. The van der Waals surface area contributed by atoms with Crippen LogP contribution < -0.4 is 5.32 Å². The lowest BCUT2D eigenvalue weighted by molar-refractivity contribution is -0.120. The Hall–Kier alpha value is -2.40. The molecule has 1 N–H and O–H groups in total. The summed E-state index contributed by atoms with van der Waals surface area (Å²) in [5.74, 6) is 0.0401. The van der Waals surface area contributed by atoms with Crippen LogP contribution in [0.1, 0.15) is 16.0 Å². The normalized spacial score (nSPS) is 10.5. The van der Waals surface area contributed by atoms with Crippen LogP contribution >= 0.6 is 11.3 Å². The number of hydrogen-bond donors (Lipinski definition) is 1. The van der Waals surface area contributed by atoms with Gasteiger partial charge in [0.25, 0.3) is 0 Å². The van der Waals surface area contributed by atoms with E-state index in [1.54, 1.807) is 17.5 Å². The summed E-state index contributed by atoms with van der Waals surface area (Å²) in [6, 6.07) is 14.1. The number of hydrogen-bond acceptors (Lipinski definition) is 3. The Morgan fingerprint density at radius 3 is 2.77 bits per heavy atom. The van der Waals surface area contributed by atoms with E-state index in [2.05, 4.69) is 22.5 Å². The first-order valence-electron chi connectivity index (χ1n) is 7.14. The van der Waals surface area contributed by atoms with E-state index < -0.39 is 0 Å². The molecule has 0 spiro atoms. The van der Waals surface area contributed by atoms with Gasteiger partial charge in [0.05, 0.1) is 19.2 Å². The summed E-state index contributed by atoms with van der Waals surface area (Å²) in [4.78, 5) is 12.9. The van der Waals surface area contributed by atoms with Gasteiger partial charge in [0.2, 0.25) is 5.91 Å². The smallest absolute Gasteiger partial charge is 0.225 e. The SMILES string of the molecule is O=C(Cc1cccs1)NCc1cnn(Cc2ccccc2)c1. The fourth-order valence-corrected chi connectivity index (χ4v) is 2.89. The maximum Gasteiger partial charge on any atom is 0.225 e. The van der Waals surface area contributed by atoms with Crippen molar-refractivity contribution in [3.63, 3.8) is 0 Å². The zero-order chi connectivity index (χ0) is 15.2. The van der Waals surface area contributed by atoms with Gasteiger partial charge in [-0.1, -0.05) is 36.4 Å². The largest absolute Gasteiger partial charge is 0.352 e. The van der Waals surface area contributed by atoms with E-state index in [1.165, 1.54) is 5.56 Å². The Kier molecular flexibility index (Phi) is 4.65. The second kappa shape index (κ2) is 7.04. The molecule has 1 amide bonds. The maximum atomic E-state index is 11.8. The Bertz CT molecular complexity index is 719. The Morgan fingerprint density at radius 1 is 1.14 bits per heavy atom. The first kappa shape index (κ1) is 14.5. The summed E-state index contributed by atoms with van der Waals surface area (Å²) in [6.07, 6.45) is 4.21. The fraction of sp³-hybridized carbons (Fsp3) is 0.176. The van der Waals surface area contributed by atoms with E-state index in [0.717, 1.165) is 17.0 Å². The summed E-state index contributed by atoms with van der Waals surface area (Å²) in [5.41, 5.74) is 2.22. The van der Waals surface area contributed by atoms with E-state index in [1.807, 2.05) is 46.6 Å². The number of rotatable bonds is 6. The van der Waals surface area contributed by atoms with Crippen molar-refractivity contribution < 1.29 is 4.79 Å². The second-order valence-electron chi connectivity index (χ2n) is 5.06. The van der Waals surface area contributed by atoms with Crippen LogP contribution in [0.3, 0.4) is 0 Å². The minimum Gasteiger partial charge on any atom is -0.352 e. The number of amides is 1. The molecule has 22 heavy (non-hydrogen) atoms. The summed E-state index contributed by atoms with van der Waals surface area (Å²) in [7, 11) is 0. The minimum absolute atomic E-state index is 0.0401. The predicted octanol–water partition coefficient (Wildman–Crippen LogP) is 2.85. The van der Waals surface area contributed by atoms with Gasteiger partial charge in [-0.25, -0.2) is 0 Å². The molecule has 0 aliphatic rings. The number of nitrogens with zero attached hydrogens (tertiary/aromatic N) is 2. The molecule has 4 nitrogen and oxygen atoms in total. The lowest BCUT2D eigenvalue weighted by atomic mass is 10.2. The van der Waals surface area contributed by atoms with E-state index >= 15 is 0 Å². The van der Waals surface area contributed by atoms with Gasteiger partial charge in [-0.05, 0) is 17.0 Å². The molecule has 0 bridgehead atoms. The third-order valence-electron chi connectivity index (χ3n) is 3.28. The highest BCUT2D eigenvalue weighted by atomic mass is 32.1. The average molecular weight is 311 g/mol. The van der Waals surface area contributed by atoms with Gasteiger partial charge in [-0.15, -0.1) is 11.3 Å². The molecule has 0 aliphatic carbocycles. The summed E-state index contributed by atoms with van der Waals surface area (Å²) < 4.78 is 1.89. The molecule has 0 fully saturated rings. The fourth-order valence-electron chi connectivity index (χ4n) is 2.19. The van der Waals surface area contributed by atoms with Crippen LogP contribution in [-0.2, 0) is 24.3 Å². The Balaban J connectivity index is 1.50. The number of carbonyl (C=O) groups excluding carboxylic acids is 1. The van der Waals surface area contributed by atoms with Gasteiger partial charge in [-0.3, -0.25) is 9.48 Å². The quantitative estimate of drug-likeness (QED) is 0.761. The molecule has 0 unspecified atom stereocenters. The van der Waals surface area contributed by atoms with Gasteiger partial charge >= 0.3 is 0 Å². The van der Waals surface area contributed by atoms with Gasteiger partial charge in [0, 0.05) is 23.2 Å². The summed E-state index contributed by atoms with van der Waals surface area (Å²) in [5, 5.41) is 9.24. The summed E-state index contributed by atoms with van der Waals surface area (Å²) in [6.45, 7) is 1.25. The van der Waals surface area contributed by atoms with Crippen molar-refractivity contribution >= 4 is 17.2 Å². The molecule has 5 heteroatoms. The van der Waals surface area contributed by atoms with Gasteiger partial charge in [-0.2, -0.15) is 5.10 Å².